The molecule has 1 amide bonds. The molecule has 0 spiro atoms. The predicted molar refractivity (Wildman–Crippen MR) is 131 cm³/mol. The Bertz CT molecular complexity index is 1400. The molecule has 4 aromatic rings. The van der Waals surface area contributed by atoms with Crippen LogP contribution >= 0.6 is 0 Å². The highest BCUT2D eigenvalue weighted by Gasteiger charge is 2.22. The first-order chi connectivity index (χ1) is 16.6. The zero-order chi connectivity index (χ0) is 23.5. The van der Waals surface area contributed by atoms with E-state index in [4.69, 9.17) is 10.00 Å². The highest BCUT2D eigenvalue weighted by Crippen LogP contribution is 2.31. The summed E-state index contributed by atoms with van der Waals surface area (Å²) in [5.41, 5.74) is 4.99. The summed E-state index contributed by atoms with van der Waals surface area (Å²) in [4.78, 5) is 26.1. The maximum Gasteiger partial charge on any atom is 0.247 e. The van der Waals surface area contributed by atoms with Gasteiger partial charge in [0, 0.05) is 42.3 Å². The maximum atomic E-state index is 11.6. The molecule has 1 aliphatic heterocycles. The Kier molecular flexibility index (Phi) is 5.67. The van der Waals surface area contributed by atoms with Crippen LogP contribution in [-0.4, -0.2) is 33.9 Å². The molecule has 8 nitrogen and oxygen atoms in total. The lowest BCUT2D eigenvalue weighted by Crippen LogP contribution is -2.18. The summed E-state index contributed by atoms with van der Waals surface area (Å²) in [5.74, 6) is 0.673. The minimum Gasteiger partial charge on any atom is -0.437 e. The highest BCUT2D eigenvalue weighted by molar-refractivity contribution is 5.99. The van der Waals surface area contributed by atoms with Crippen LogP contribution < -0.4 is 15.0 Å². The van der Waals surface area contributed by atoms with Crippen LogP contribution in [0, 0.1) is 17.2 Å². The molecule has 1 saturated heterocycles. The zero-order valence-electron chi connectivity index (χ0n) is 18.4. The van der Waals surface area contributed by atoms with Gasteiger partial charge in [-0.1, -0.05) is 24.8 Å². The number of rotatable bonds is 6. The predicted octanol–water partition coefficient (Wildman–Crippen LogP) is 4.89. The molecule has 0 saturated carbocycles. The summed E-state index contributed by atoms with van der Waals surface area (Å²) in [6, 6.07) is 17.6. The summed E-state index contributed by atoms with van der Waals surface area (Å²) >= 11 is 0. The number of nitriles is 1. The molecule has 0 radical (unpaired) electrons. The first kappa shape index (κ1) is 21.2. The monoisotopic (exact) mass is 450 g/mol. The van der Waals surface area contributed by atoms with Gasteiger partial charge < -0.3 is 19.9 Å². The Morgan fingerprint density at radius 1 is 1.29 bits per heavy atom. The molecule has 1 aliphatic rings. The lowest BCUT2D eigenvalue weighted by atomic mass is 10.1. The number of nitrogens with one attached hydrogen (secondary N) is 2. The molecule has 8 heteroatoms. The molecule has 34 heavy (non-hydrogen) atoms. The molecular weight excluding hydrogens is 428 g/mol. The van der Waals surface area contributed by atoms with Crippen LogP contribution in [0.15, 0.2) is 73.6 Å². The van der Waals surface area contributed by atoms with E-state index >= 15 is 0 Å². The molecule has 1 fully saturated rings. The van der Waals surface area contributed by atoms with Gasteiger partial charge in [-0.05, 0) is 42.3 Å². The smallest absolute Gasteiger partial charge is 0.247 e. The SMILES string of the molecule is C=CC(=O)Nc1cccc(Oc2cnc3[nH]cc(-c4ccc(N5CCC(C#N)C5)cc4)c3n2)c1. The number of H-pyrrole nitrogens is 1. The van der Waals surface area contributed by atoms with Gasteiger partial charge in [0.15, 0.2) is 5.65 Å². The number of amides is 1. The second-order valence-corrected chi connectivity index (χ2v) is 8.04. The Hall–Kier alpha value is -4.64. The summed E-state index contributed by atoms with van der Waals surface area (Å²) < 4.78 is 5.91. The first-order valence-electron chi connectivity index (χ1n) is 10.9. The number of anilines is 2. The van der Waals surface area contributed by atoms with Crippen molar-refractivity contribution >= 4 is 28.4 Å². The average molecular weight is 451 g/mol. The Morgan fingerprint density at radius 2 is 2.15 bits per heavy atom. The fraction of sp³-hybridized carbons (Fsp3) is 0.154. The number of aromatic nitrogens is 3. The topological polar surface area (TPSA) is 107 Å². The Labute approximate surface area is 196 Å². The number of aromatic amines is 1. The van der Waals surface area contributed by atoms with Crippen LogP contribution in [0.25, 0.3) is 22.3 Å². The average Bonchev–Trinajstić information content (AvgIpc) is 3.51. The number of hydrogen-bond donors (Lipinski definition) is 2. The van der Waals surface area contributed by atoms with Crippen LogP contribution in [0.1, 0.15) is 6.42 Å². The van der Waals surface area contributed by atoms with Gasteiger partial charge in [0.05, 0.1) is 18.2 Å². The fourth-order valence-corrected chi connectivity index (χ4v) is 4.05. The van der Waals surface area contributed by atoms with Crippen molar-refractivity contribution in [3.05, 3.63) is 73.6 Å². The van der Waals surface area contributed by atoms with Crippen LogP contribution in [0.4, 0.5) is 11.4 Å². The lowest BCUT2D eigenvalue weighted by Gasteiger charge is -2.18. The summed E-state index contributed by atoms with van der Waals surface area (Å²) in [6.45, 7) is 5.13. The van der Waals surface area contributed by atoms with Crippen molar-refractivity contribution in [2.75, 3.05) is 23.3 Å². The lowest BCUT2D eigenvalue weighted by molar-refractivity contribution is -0.111. The highest BCUT2D eigenvalue weighted by atomic mass is 16.5. The van der Waals surface area contributed by atoms with E-state index in [-0.39, 0.29) is 11.8 Å². The minimum atomic E-state index is -0.295. The number of hydrogen-bond acceptors (Lipinski definition) is 6. The van der Waals surface area contributed by atoms with Gasteiger partial charge in [-0.15, -0.1) is 0 Å². The summed E-state index contributed by atoms with van der Waals surface area (Å²) in [5, 5.41) is 11.9. The molecule has 2 aromatic carbocycles. The third-order valence-corrected chi connectivity index (χ3v) is 5.78. The van der Waals surface area contributed by atoms with Crippen molar-refractivity contribution in [3.8, 4) is 28.8 Å². The van der Waals surface area contributed by atoms with E-state index in [1.807, 2.05) is 6.20 Å². The van der Waals surface area contributed by atoms with E-state index in [1.165, 1.54) is 6.08 Å². The van der Waals surface area contributed by atoms with Gasteiger partial charge in [0.2, 0.25) is 11.8 Å². The van der Waals surface area contributed by atoms with Gasteiger partial charge >= 0.3 is 0 Å². The van der Waals surface area contributed by atoms with Crippen molar-refractivity contribution in [1.82, 2.24) is 15.0 Å². The zero-order valence-corrected chi connectivity index (χ0v) is 18.4. The Balaban J connectivity index is 1.38. The molecule has 3 heterocycles. The molecule has 0 bridgehead atoms. The summed E-state index contributed by atoms with van der Waals surface area (Å²) in [6.07, 6.45) is 5.56. The molecule has 168 valence electrons. The molecular formula is C26H22N6O2. The molecule has 5 rings (SSSR count). The quantitative estimate of drug-likeness (QED) is 0.405. The number of ether oxygens (including phenoxy) is 1. The van der Waals surface area contributed by atoms with Gasteiger partial charge in [-0.2, -0.15) is 5.26 Å². The van der Waals surface area contributed by atoms with Crippen molar-refractivity contribution in [2.24, 2.45) is 5.92 Å². The second kappa shape index (κ2) is 9.08. The van der Waals surface area contributed by atoms with Gasteiger partial charge in [0.25, 0.3) is 0 Å². The molecule has 1 atom stereocenters. The van der Waals surface area contributed by atoms with Crippen LogP contribution in [0.3, 0.4) is 0 Å². The fourth-order valence-electron chi connectivity index (χ4n) is 4.05. The molecule has 2 N–H and O–H groups in total. The van der Waals surface area contributed by atoms with Gasteiger partial charge in [-0.3, -0.25) is 4.79 Å². The normalized spacial score (nSPS) is 15.1. The largest absolute Gasteiger partial charge is 0.437 e. The van der Waals surface area contributed by atoms with E-state index in [0.29, 0.717) is 28.5 Å². The van der Waals surface area contributed by atoms with Crippen LogP contribution in [-0.2, 0) is 4.79 Å². The number of nitrogens with zero attached hydrogens (tertiary/aromatic N) is 4. The van der Waals surface area contributed by atoms with Gasteiger partial charge in [-0.25, -0.2) is 9.97 Å². The van der Waals surface area contributed by atoms with Crippen molar-refractivity contribution in [2.45, 2.75) is 6.42 Å². The van der Waals surface area contributed by atoms with E-state index in [2.05, 4.69) is 62.1 Å². The molecule has 1 unspecified atom stereocenters. The third-order valence-electron chi connectivity index (χ3n) is 5.78. The van der Waals surface area contributed by atoms with Gasteiger partial charge in [0.1, 0.15) is 11.3 Å². The number of carbonyl (C=O) groups is 1. The maximum absolute atomic E-state index is 11.6. The number of fused-ring (bicyclic) bond motifs is 1. The first-order valence-corrected chi connectivity index (χ1v) is 10.9. The second-order valence-electron chi connectivity index (χ2n) is 8.04. The standard InChI is InChI=1S/C26H22N6O2/c1-2-23(33)30-19-4-3-5-21(12-19)34-24-15-29-26-25(31-24)22(14-28-26)18-6-8-20(9-7-18)32-11-10-17(13-27)16-32/h2-9,12,14-15,17H,1,10-11,16H2,(H,28,29)(H,30,33). The van der Waals surface area contributed by atoms with E-state index in [0.717, 1.165) is 36.3 Å². The Morgan fingerprint density at radius 3 is 2.91 bits per heavy atom. The third kappa shape index (κ3) is 4.32. The van der Waals surface area contributed by atoms with E-state index < -0.39 is 0 Å². The molecule has 0 aliphatic carbocycles. The van der Waals surface area contributed by atoms with Crippen LogP contribution in [0.2, 0.25) is 0 Å². The van der Waals surface area contributed by atoms with Crippen molar-refractivity contribution in [1.29, 1.82) is 5.26 Å². The number of carbonyl (C=O) groups excluding carboxylic acids is 1. The van der Waals surface area contributed by atoms with Crippen molar-refractivity contribution < 1.29 is 9.53 Å². The minimum absolute atomic E-state index is 0.0981. The van der Waals surface area contributed by atoms with E-state index in [9.17, 15) is 4.79 Å². The number of benzene rings is 2. The van der Waals surface area contributed by atoms with E-state index in [1.54, 1.807) is 30.5 Å². The van der Waals surface area contributed by atoms with Crippen molar-refractivity contribution in [3.63, 3.8) is 0 Å². The van der Waals surface area contributed by atoms with Crippen LogP contribution in [0.5, 0.6) is 11.6 Å². The summed E-state index contributed by atoms with van der Waals surface area (Å²) in [7, 11) is 0. The molecule has 2 aromatic heterocycles.